The van der Waals surface area contributed by atoms with Crippen LogP contribution in [0.3, 0.4) is 0 Å². The van der Waals surface area contributed by atoms with Crippen molar-refractivity contribution in [2.75, 3.05) is 18.6 Å². The van der Waals surface area contributed by atoms with Gasteiger partial charge in [-0.25, -0.2) is 4.79 Å². The van der Waals surface area contributed by atoms with Crippen LogP contribution in [-0.4, -0.2) is 45.2 Å². The fraction of sp³-hybridized carbons (Fsp3) is 0.158. The molecule has 0 N–H and O–H groups in total. The molecule has 30 heavy (non-hydrogen) atoms. The molecular weight excluding hydrogens is 410 g/mol. The number of aromatic nitrogens is 3. The molecule has 3 rings (SSSR count). The number of nitro groups is 1. The number of anilines is 1. The van der Waals surface area contributed by atoms with Gasteiger partial charge in [-0.05, 0) is 36.0 Å². The summed E-state index contributed by atoms with van der Waals surface area (Å²) in [6, 6.07) is 12.8. The maximum atomic E-state index is 12.3. The third kappa shape index (κ3) is 4.81. The number of likely N-dealkylation sites (N-methyl/N-ethyl adjacent to an activating group) is 1. The van der Waals surface area contributed by atoms with Crippen LogP contribution < -0.4 is 4.90 Å². The van der Waals surface area contributed by atoms with Gasteiger partial charge in [0.15, 0.2) is 11.8 Å². The van der Waals surface area contributed by atoms with Gasteiger partial charge in [0.2, 0.25) is 0 Å². The quantitative estimate of drug-likeness (QED) is 0.321. The zero-order valence-corrected chi connectivity index (χ0v) is 16.9. The highest BCUT2D eigenvalue weighted by molar-refractivity contribution is 7.99. The highest BCUT2D eigenvalue weighted by atomic mass is 32.2. The van der Waals surface area contributed by atoms with Crippen molar-refractivity contribution in [3.8, 4) is 0 Å². The van der Waals surface area contributed by atoms with Gasteiger partial charge in [-0.3, -0.25) is 14.9 Å². The summed E-state index contributed by atoms with van der Waals surface area (Å²) < 4.78 is 6.66. The van der Waals surface area contributed by atoms with Crippen LogP contribution in [0.5, 0.6) is 0 Å². The van der Waals surface area contributed by atoms with Crippen molar-refractivity contribution in [2.45, 2.75) is 10.1 Å². The number of aryl methyl sites for hydroxylation is 1. The van der Waals surface area contributed by atoms with Crippen LogP contribution in [0.25, 0.3) is 0 Å². The molecule has 2 aromatic carbocycles. The lowest BCUT2D eigenvalue weighted by atomic mass is 10.2. The second-order valence-corrected chi connectivity index (χ2v) is 7.14. The number of nitro benzene ring substituents is 1. The van der Waals surface area contributed by atoms with E-state index in [-0.39, 0.29) is 11.3 Å². The Kier molecular flexibility index (Phi) is 6.42. The monoisotopic (exact) mass is 427 g/mol. The minimum absolute atomic E-state index is 0.0285. The molecule has 0 radical (unpaired) electrons. The topological polar surface area (TPSA) is 120 Å². The van der Waals surface area contributed by atoms with Crippen LogP contribution in [0.15, 0.2) is 64.9 Å². The van der Waals surface area contributed by atoms with Crippen molar-refractivity contribution in [2.24, 2.45) is 7.05 Å². The molecule has 0 aliphatic carbocycles. The van der Waals surface area contributed by atoms with E-state index in [9.17, 15) is 19.7 Å². The lowest BCUT2D eigenvalue weighted by Gasteiger charge is -2.17. The number of amides is 1. The van der Waals surface area contributed by atoms with Crippen molar-refractivity contribution in [3.63, 3.8) is 0 Å². The number of carbonyl (C=O) groups excluding carboxylic acids is 2. The van der Waals surface area contributed by atoms with Gasteiger partial charge in [0, 0.05) is 25.8 Å². The number of benzene rings is 2. The Balaban J connectivity index is 1.70. The van der Waals surface area contributed by atoms with E-state index >= 15 is 0 Å². The van der Waals surface area contributed by atoms with Crippen LogP contribution in [0.1, 0.15) is 10.4 Å². The average molecular weight is 427 g/mol. The van der Waals surface area contributed by atoms with Crippen LogP contribution in [0, 0.1) is 10.1 Å². The summed E-state index contributed by atoms with van der Waals surface area (Å²) in [6.07, 6.45) is 1.48. The van der Waals surface area contributed by atoms with Gasteiger partial charge in [0.05, 0.1) is 15.4 Å². The summed E-state index contributed by atoms with van der Waals surface area (Å²) in [5, 5.41) is 19.5. The molecule has 0 saturated carbocycles. The van der Waals surface area contributed by atoms with Crippen LogP contribution in [0.2, 0.25) is 0 Å². The minimum Gasteiger partial charge on any atom is -0.452 e. The smallest absolute Gasteiger partial charge is 0.338 e. The fourth-order valence-electron chi connectivity index (χ4n) is 2.44. The summed E-state index contributed by atoms with van der Waals surface area (Å²) in [7, 11) is 3.28. The molecule has 11 heteroatoms. The van der Waals surface area contributed by atoms with E-state index in [1.165, 1.54) is 23.4 Å². The van der Waals surface area contributed by atoms with Gasteiger partial charge in [0.1, 0.15) is 6.33 Å². The van der Waals surface area contributed by atoms with Gasteiger partial charge in [-0.15, -0.1) is 10.2 Å². The molecule has 0 fully saturated rings. The minimum atomic E-state index is -0.830. The molecule has 10 nitrogen and oxygen atoms in total. The molecule has 0 spiro atoms. The molecule has 0 unspecified atom stereocenters. The standard InChI is InChI=1S/C19H17N5O5S/c1-22-12-20-21-19(22)30-16-9-8-13(10-15(16)24(27)28)18(26)29-11-17(25)23(2)14-6-4-3-5-7-14/h3-10,12H,11H2,1-2H3. The lowest BCUT2D eigenvalue weighted by molar-refractivity contribution is -0.387. The van der Waals surface area contributed by atoms with Crippen molar-refractivity contribution in [3.05, 3.63) is 70.5 Å². The molecule has 1 amide bonds. The van der Waals surface area contributed by atoms with E-state index in [4.69, 9.17) is 4.74 Å². The maximum absolute atomic E-state index is 12.3. The third-order valence-electron chi connectivity index (χ3n) is 4.11. The van der Waals surface area contributed by atoms with Crippen molar-refractivity contribution >= 4 is 35.0 Å². The fourth-order valence-corrected chi connectivity index (χ4v) is 3.29. The Bertz CT molecular complexity index is 1090. The molecule has 154 valence electrons. The third-order valence-corrected chi connectivity index (χ3v) is 5.22. The summed E-state index contributed by atoms with van der Waals surface area (Å²) in [4.78, 5) is 37.1. The van der Waals surface area contributed by atoms with Crippen molar-refractivity contribution in [1.82, 2.24) is 14.8 Å². The normalized spacial score (nSPS) is 10.5. The summed E-state index contributed by atoms with van der Waals surface area (Å²) in [5.74, 6) is -1.26. The van der Waals surface area contributed by atoms with Gasteiger partial charge in [-0.1, -0.05) is 18.2 Å². The first-order valence-electron chi connectivity index (χ1n) is 8.66. The first kappa shape index (κ1) is 21.0. The molecule has 3 aromatic rings. The SMILES string of the molecule is CN(C(=O)COC(=O)c1ccc(Sc2nncn2C)c([N+](=O)[O-])c1)c1ccccc1. The number of hydrogen-bond donors (Lipinski definition) is 0. The Morgan fingerprint density at radius 1 is 1.23 bits per heavy atom. The second kappa shape index (κ2) is 9.18. The van der Waals surface area contributed by atoms with Gasteiger partial charge < -0.3 is 14.2 Å². The van der Waals surface area contributed by atoms with Crippen molar-refractivity contribution in [1.29, 1.82) is 0 Å². The van der Waals surface area contributed by atoms with E-state index in [0.29, 0.717) is 15.7 Å². The van der Waals surface area contributed by atoms with Crippen molar-refractivity contribution < 1.29 is 19.2 Å². The number of nitrogens with zero attached hydrogens (tertiary/aromatic N) is 5. The first-order valence-corrected chi connectivity index (χ1v) is 9.47. The van der Waals surface area contributed by atoms with Gasteiger partial charge >= 0.3 is 5.97 Å². The molecule has 1 heterocycles. The number of rotatable bonds is 7. The van der Waals surface area contributed by atoms with Gasteiger partial charge in [0.25, 0.3) is 11.6 Å². The molecule has 0 atom stereocenters. The largest absolute Gasteiger partial charge is 0.452 e. The zero-order valence-electron chi connectivity index (χ0n) is 16.1. The predicted octanol–water partition coefficient (Wildman–Crippen LogP) is 2.69. The van der Waals surface area contributed by atoms with Crippen LogP contribution in [-0.2, 0) is 16.6 Å². The number of hydrogen-bond acceptors (Lipinski definition) is 8. The average Bonchev–Trinajstić information content (AvgIpc) is 3.16. The molecule has 1 aromatic heterocycles. The van der Waals surface area contributed by atoms with E-state index in [1.807, 2.05) is 6.07 Å². The Morgan fingerprint density at radius 2 is 1.97 bits per heavy atom. The van der Waals surface area contributed by atoms with Crippen LogP contribution >= 0.6 is 11.8 Å². The lowest BCUT2D eigenvalue weighted by Crippen LogP contribution is -2.31. The van der Waals surface area contributed by atoms with E-state index in [0.717, 1.165) is 17.8 Å². The number of ether oxygens (including phenoxy) is 1. The maximum Gasteiger partial charge on any atom is 0.338 e. The Hall–Kier alpha value is -3.73. The van der Waals surface area contributed by atoms with Gasteiger partial charge in [-0.2, -0.15) is 0 Å². The summed E-state index contributed by atoms with van der Waals surface area (Å²) >= 11 is 1.05. The Morgan fingerprint density at radius 3 is 2.60 bits per heavy atom. The predicted molar refractivity (Wildman–Crippen MR) is 108 cm³/mol. The number of esters is 1. The molecule has 0 aliphatic heterocycles. The molecule has 0 aliphatic rings. The summed E-state index contributed by atoms with van der Waals surface area (Å²) in [5.41, 5.74) is 0.351. The molecule has 0 bridgehead atoms. The second-order valence-electron chi connectivity index (χ2n) is 6.13. The molecular formula is C19H17N5O5S. The Labute approximate surface area is 175 Å². The number of carbonyl (C=O) groups is 2. The van der Waals surface area contributed by atoms with E-state index < -0.39 is 23.4 Å². The highest BCUT2D eigenvalue weighted by Crippen LogP contribution is 2.34. The number of para-hydroxylation sites is 1. The highest BCUT2D eigenvalue weighted by Gasteiger charge is 2.21. The zero-order chi connectivity index (χ0) is 21.7. The van der Waals surface area contributed by atoms with E-state index in [1.54, 1.807) is 42.9 Å². The first-order chi connectivity index (χ1) is 14.4. The van der Waals surface area contributed by atoms with Crippen LogP contribution in [0.4, 0.5) is 11.4 Å². The summed E-state index contributed by atoms with van der Waals surface area (Å²) in [6.45, 7) is -0.493. The molecule has 0 saturated heterocycles. The van der Waals surface area contributed by atoms with E-state index in [2.05, 4.69) is 10.2 Å².